The number of carbonyl (C=O) groups excluding carboxylic acids is 2. The van der Waals surface area contributed by atoms with Gasteiger partial charge in [-0.2, -0.15) is 0 Å². The molecule has 5 rings (SSSR count). The normalized spacial score (nSPS) is 53.8. The molecule has 0 aromatic rings. The lowest BCUT2D eigenvalue weighted by molar-refractivity contribution is -0.354. The van der Waals surface area contributed by atoms with E-state index in [0.717, 1.165) is 38.5 Å². The number of rotatable bonds is 4. The summed E-state index contributed by atoms with van der Waals surface area (Å²) in [6, 6.07) is 0. The van der Waals surface area contributed by atoms with Gasteiger partial charge in [0.1, 0.15) is 30.2 Å². The van der Waals surface area contributed by atoms with E-state index in [2.05, 4.69) is 13.8 Å². The van der Waals surface area contributed by atoms with Crippen molar-refractivity contribution in [2.75, 3.05) is 0 Å². The number of aliphatic carboxylic acids is 1. The molecule has 35 heavy (non-hydrogen) atoms. The average Bonchev–Trinajstić information content (AvgIpc) is 3.17. The standard InChI is InChI=1S/C27H42O8/c1-13(28)17-6-7-18-16-5-4-14-12-15(8-10-26(14,2)19(16)9-11-27(17,18)3)34-25-22(31)20(29)21(30)23(35-25)24(32)33/h14-23,25,29-31H,4-12H2,1-3H3,(H,32,33)/p-1. The van der Waals surface area contributed by atoms with Gasteiger partial charge in [0.25, 0.3) is 0 Å². The number of aliphatic hydroxyl groups is 3. The molecule has 13 unspecified atom stereocenters. The van der Waals surface area contributed by atoms with E-state index in [9.17, 15) is 30.0 Å². The second kappa shape index (κ2) is 9.05. The highest BCUT2D eigenvalue weighted by molar-refractivity contribution is 5.79. The molecule has 0 radical (unpaired) electrons. The zero-order valence-corrected chi connectivity index (χ0v) is 21.1. The number of aliphatic hydroxyl groups excluding tert-OH is 3. The van der Waals surface area contributed by atoms with E-state index in [1.807, 2.05) is 0 Å². The average molecular weight is 494 g/mol. The lowest BCUT2D eigenvalue weighted by Gasteiger charge is -2.61. The fourth-order valence-corrected chi connectivity index (χ4v) is 9.35. The third-order valence-corrected chi connectivity index (χ3v) is 11.2. The molecular formula is C27H41O8-. The zero-order chi connectivity index (χ0) is 25.3. The van der Waals surface area contributed by atoms with Crippen molar-refractivity contribution < 1.29 is 39.5 Å². The summed E-state index contributed by atoms with van der Waals surface area (Å²) in [5, 5.41) is 41.7. The minimum Gasteiger partial charge on any atom is -0.547 e. The fourth-order valence-electron chi connectivity index (χ4n) is 9.35. The quantitative estimate of drug-likeness (QED) is 0.497. The Morgan fingerprint density at radius 3 is 2.26 bits per heavy atom. The molecule has 4 saturated carbocycles. The number of Topliss-reactive ketones (excluding diaryl/α,β-unsaturated/α-hetero) is 1. The van der Waals surface area contributed by atoms with Gasteiger partial charge in [-0.3, -0.25) is 4.79 Å². The molecule has 3 N–H and O–H groups in total. The van der Waals surface area contributed by atoms with Gasteiger partial charge < -0.3 is 34.7 Å². The van der Waals surface area contributed by atoms with Crippen molar-refractivity contribution in [1.29, 1.82) is 0 Å². The van der Waals surface area contributed by atoms with Crippen LogP contribution in [0.4, 0.5) is 0 Å². The van der Waals surface area contributed by atoms with Gasteiger partial charge in [0.05, 0.1) is 12.1 Å². The number of carbonyl (C=O) groups is 2. The minimum absolute atomic E-state index is 0.145. The van der Waals surface area contributed by atoms with Gasteiger partial charge in [-0.1, -0.05) is 13.8 Å². The number of carboxylic acid groups (broad SMARTS) is 1. The zero-order valence-electron chi connectivity index (χ0n) is 21.1. The van der Waals surface area contributed by atoms with Crippen molar-refractivity contribution in [1.82, 2.24) is 0 Å². The summed E-state index contributed by atoms with van der Waals surface area (Å²) in [7, 11) is 0. The summed E-state index contributed by atoms with van der Waals surface area (Å²) in [6.07, 6.45) is 1.08. The molecule has 1 saturated heterocycles. The number of hydrogen-bond acceptors (Lipinski definition) is 8. The second-order valence-electron chi connectivity index (χ2n) is 12.7. The van der Waals surface area contributed by atoms with E-state index in [1.54, 1.807) is 6.92 Å². The van der Waals surface area contributed by atoms with Crippen molar-refractivity contribution in [2.45, 2.75) is 115 Å². The molecule has 0 aromatic heterocycles. The minimum atomic E-state index is -1.77. The first-order valence-corrected chi connectivity index (χ1v) is 13.5. The Morgan fingerprint density at radius 2 is 1.57 bits per heavy atom. The van der Waals surface area contributed by atoms with Crippen molar-refractivity contribution in [3.05, 3.63) is 0 Å². The summed E-state index contributed by atoms with van der Waals surface area (Å²) < 4.78 is 11.3. The Labute approximate surface area is 207 Å². The van der Waals surface area contributed by atoms with E-state index < -0.39 is 36.7 Å². The van der Waals surface area contributed by atoms with Crippen LogP contribution in [0.25, 0.3) is 0 Å². The maximum atomic E-state index is 12.4. The third kappa shape index (κ3) is 3.99. The smallest absolute Gasteiger partial charge is 0.187 e. The molecule has 8 heteroatoms. The number of ether oxygens (including phenoxy) is 2. The molecule has 5 aliphatic rings. The maximum Gasteiger partial charge on any atom is 0.187 e. The Balaban J connectivity index is 1.26. The predicted octanol–water partition coefficient (Wildman–Crippen LogP) is 1.18. The van der Waals surface area contributed by atoms with Gasteiger partial charge in [-0.05, 0) is 99.2 Å². The van der Waals surface area contributed by atoms with Crippen LogP contribution in [0.1, 0.15) is 78.6 Å². The van der Waals surface area contributed by atoms with Crippen LogP contribution in [0.2, 0.25) is 0 Å². The van der Waals surface area contributed by atoms with Crippen LogP contribution in [0, 0.1) is 40.4 Å². The molecule has 13 atom stereocenters. The van der Waals surface area contributed by atoms with Gasteiger partial charge in [-0.25, -0.2) is 0 Å². The van der Waals surface area contributed by atoms with Gasteiger partial charge in [0, 0.05) is 5.92 Å². The molecule has 0 spiro atoms. The van der Waals surface area contributed by atoms with E-state index in [4.69, 9.17) is 9.47 Å². The van der Waals surface area contributed by atoms with Crippen LogP contribution < -0.4 is 5.11 Å². The molecule has 0 amide bonds. The Bertz CT molecular complexity index is 847. The van der Waals surface area contributed by atoms with E-state index >= 15 is 0 Å². The monoisotopic (exact) mass is 493 g/mol. The number of hydrogen-bond donors (Lipinski definition) is 3. The second-order valence-corrected chi connectivity index (χ2v) is 12.7. The van der Waals surface area contributed by atoms with Crippen LogP contribution in [0.15, 0.2) is 0 Å². The van der Waals surface area contributed by atoms with Gasteiger partial charge in [-0.15, -0.1) is 0 Å². The number of carboxylic acids is 1. The van der Waals surface area contributed by atoms with Gasteiger partial charge >= 0.3 is 0 Å². The van der Waals surface area contributed by atoms with Gasteiger partial charge in [0.15, 0.2) is 6.29 Å². The van der Waals surface area contributed by atoms with Gasteiger partial charge in [0.2, 0.25) is 0 Å². The van der Waals surface area contributed by atoms with E-state index in [0.29, 0.717) is 29.5 Å². The Morgan fingerprint density at radius 1 is 0.886 bits per heavy atom. The number of ketones is 1. The van der Waals surface area contributed by atoms with Crippen LogP contribution in [-0.2, 0) is 19.1 Å². The molecule has 5 fully saturated rings. The first-order chi connectivity index (χ1) is 16.5. The van der Waals surface area contributed by atoms with Crippen molar-refractivity contribution >= 4 is 11.8 Å². The summed E-state index contributed by atoms with van der Waals surface area (Å²) in [5.74, 6) is 1.32. The summed E-state index contributed by atoms with van der Waals surface area (Å²) in [5.41, 5.74) is 0.347. The lowest BCUT2D eigenvalue weighted by Crippen LogP contribution is -2.63. The van der Waals surface area contributed by atoms with E-state index in [-0.39, 0.29) is 22.9 Å². The molecular weight excluding hydrogens is 452 g/mol. The largest absolute Gasteiger partial charge is 0.547 e. The first-order valence-electron chi connectivity index (χ1n) is 13.5. The summed E-state index contributed by atoms with van der Waals surface area (Å²) in [6.45, 7) is 6.57. The maximum absolute atomic E-state index is 12.4. The molecule has 0 aromatic carbocycles. The van der Waals surface area contributed by atoms with Crippen molar-refractivity contribution in [3.63, 3.8) is 0 Å². The van der Waals surface area contributed by atoms with Crippen molar-refractivity contribution in [3.8, 4) is 0 Å². The summed E-state index contributed by atoms with van der Waals surface area (Å²) in [4.78, 5) is 23.7. The fraction of sp³-hybridized carbons (Fsp3) is 0.926. The topological polar surface area (TPSA) is 136 Å². The van der Waals surface area contributed by atoms with Crippen LogP contribution in [-0.4, -0.2) is 63.9 Å². The van der Waals surface area contributed by atoms with E-state index in [1.165, 1.54) is 19.3 Å². The summed E-state index contributed by atoms with van der Waals surface area (Å²) >= 11 is 0. The Hall–Kier alpha value is -1.06. The van der Waals surface area contributed by atoms with Crippen LogP contribution in [0.5, 0.6) is 0 Å². The molecule has 1 aliphatic heterocycles. The molecule has 1 heterocycles. The molecule has 198 valence electrons. The molecule has 0 bridgehead atoms. The number of fused-ring (bicyclic) bond motifs is 5. The predicted molar refractivity (Wildman–Crippen MR) is 122 cm³/mol. The van der Waals surface area contributed by atoms with Crippen molar-refractivity contribution in [2.24, 2.45) is 40.4 Å². The highest BCUT2D eigenvalue weighted by atomic mass is 16.7. The Kier molecular flexibility index (Phi) is 6.61. The SMILES string of the molecule is CC(=O)C1CCC2C3CCC4CC(OC5OC(C(=O)[O-])C(O)C(O)C5O)CCC4(C)C3CCC12C. The highest BCUT2D eigenvalue weighted by Crippen LogP contribution is 2.67. The highest BCUT2D eigenvalue weighted by Gasteiger charge is 2.61. The van der Waals surface area contributed by atoms with Crippen LogP contribution >= 0.6 is 0 Å². The lowest BCUT2D eigenvalue weighted by atomic mass is 9.44. The van der Waals surface area contributed by atoms with Crippen LogP contribution in [0.3, 0.4) is 0 Å². The molecule has 4 aliphatic carbocycles. The third-order valence-electron chi connectivity index (χ3n) is 11.2. The molecule has 8 nitrogen and oxygen atoms in total. The first kappa shape index (κ1) is 25.6.